The molecule has 3 rings (SSSR count). The van der Waals surface area contributed by atoms with Gasteiger partial charge in [0, 0.05) is 12.3 Å². The highest BCUT2D eigenvalue weighted by Gasteiger charge is 2.55. The van der Waals surface area contributed by atoms with Gasteiger partial charge in [0.25, 0.3) is 0 Å². The van der Waals surface area contributed by atoms with E-state index in [2.05, 4.69) is 0 Å². The fourth-order valence-corrected chi connectivity index (χ4v) is 3.62. The normalized spacial score (nSPS) is 45.6. The minimum atomic E-state index is -0.404. The maximum atomic E-state index is 9.99. The van der Waals surface area contributed by atoms with Crippen LogP contribution in [0.25, 0.3) is 0 Å². The molecule has 1 spiro atoms. The van der Waals surface area contributed by atoms with E-state index in [4.69, 9.17) is 9.47 Å². The van der Waals surface area contributed by atoms with E-state index >= 15 is 0 Å². The summed E-state index contributed by atoms with van der Waals surface area (Å²) in [6.07, 6.45) is 5.30. The Labute approximate surface area is 84.4 Å². The number of aliphatic hydroxyl groups excluding tert-OH is 1. The maximum absolute atomic E-state index is 9.99. The van der Waals surface area contributed by atoms with Crippen molar-refractivity contribution in [3.8, 4) is 0 Å². The maximum Gasteiger partial charge on any atom is 0.174 e. The van der Waals surface area contributed by atoms with Crippen molar-refractivity contribution in [2.75, 3.05) is 13.2 Å². The van der Waals surface area contributed by atoms with E-state index in [1.807, 2.05) is 0 Å². The molecule has 3 fully saturated rings. The lowest BCUT2D eigenvalue weighted by molar-refractivity contribution is -0.236. The van der Waals surface area contributed by atoms with Gasteiger partial charge >= 0.3 is 0 Å². The first-order valence-corrected chi connectivity index (χ1v) is 5.78. The summed E-state index contributed by atoms with van der Waals surface area (Å²) in [6, 6.07) is 0. The Kier molecular flexibility index (Phi) is 2.08. The third-order valence-electron chi connectivity index (χ3n) is 4.14. The molecule has 3 heteroatoms. The summed E-state index contributed by atoms with van der Waals surface area (Å²) in [6.45, 7) is 1.41. The Bertz CT molecular complexity index is 221. The topological polar surface area (TPSA) is 38.7 Å². The number of aliphatic hydroxyl groups is 1. The van der Waals surface area contributed by atoms with Crippen LogP contribution >= 0.6 is 0 Å². The zero-order chi connectivity index (χ0) is 9.60. The van der Waals surface area contributed by atoms with Crippen molar-refractivity contribution in [3.05, 3.63) is 0 Å². The van der Waals surface area contributed by atoms with Crippen LogP contribution in [0.2, 0.25) is 0 Å². The summed E-state index contributed by atoms with van der Waals surface area (Å²) in [5.41, 5.74) is 0. The Hall–Kier alpha value is -0.120. The van der Waals surface area contributed by atoms with Crippen molar-refractivity contribution in [1.29, 1.82) is 0 Å². The molecule has 0 radical (unpaired) electrons. The molecule has 2 saturated carbocycles. The van der Waals surface area contributed by atoms with Gasteiger partial charge in [-0.1, -0.05) is 0 Å². The summed E-state index contributed by atoms with van der Waals surface area (Å²) >= 11 is 0. The van der Waals surface area contributed by atoms with Crippen LogP contribution in [0.5, 0.6) is 0 Å². The van der Waals surface area contributed by atoms with E-state index in [9.17, 15) is 5.11 Å². The average molecular weight is 198 g/mol. The molecule has 2 aliphatic carbocycles. The molecule has 3 aliphatic rings. The molecule has 3 nitrogen and oxygen atoms in total. The second-order valence-electron chi connectivity index (χ2n) is 4.83. The van der Waals surface area contributed by atoms with Crippen molar-refractivity contribution < 1.29 is 14.6 Å². The van der Waals surface area contributed by atoms with Gasteiger partial charge in [0.05, 0.1) is 19.3 Å². The molecule has 0 aromatic carbocycles. The highest BCUT2D eigenvalue weighted by molar-refractivity contribution is 4.99. The van der Waals surface area contributed by atoms with Crippen molar-refractivity contribution >= 4 is 0 Å². The van der Waals surface area contributed by atoms with Crippen molar-refractivity contribution in [2.24, 2.45) is 11.8 Å². The molecule has 0 amide bonds. The van der Waals surface area contributed by atoms with Gasteiger partial charge < -0.3 is 14.6 Å². The average Bonchev–Trinajstić information content (AvgIpc) is 2.76. The molecule has 1 saturated heterocycles. The highest BCUT2D eigenvalue weighted by atomic mass is 16.7. The molecule has 14 heavy (non-hydrogen) atoms. The van der Waals surface area contributed by atoms with E-state index in [1.165, 1.54) is 12.8 Å². The largest absolute Gasteiger partial charge is 0.393 e. The summed E-state index contributed by atoms with van der Waals surface area (Å²) in [5, 5.41) is 9.99. The lowest BCUT2D eigenvalue weighted by Gasteiger charge is -2.42. The number of ether oxygens (including phenoxy) is 2. The van der Waals surface area contributed by atoms with Gasteiger partial charge in [0.1, 0.15) is 0 Å². The summed E-state index contributed by atoms with van der Waals surface area (Å²) in [5.74, 6) is 0.481. The molecule has 1 heterocycles. The van der Waals surface area contributed by atoms with Gasteiger partial charge in [-0.3, -0.25) is 0 Å². The van der Waals surface area contributed by atoms with Crippen LogP contribution < -0.4 is 0 Å². The molecule has 0 aromatic rings. The summed E-state index contributed by atoms with van der Waals surface area (Å²) in [7, 11) is 0. The van der Waals surface area contributed by atoms with Crippen LogP contribution in [0, 0.1) is 11.8 Å². The lowest BCUT2D eigenvalue weighted by atomic mass is 9.76. The lowest BCUT2D eigenvalue weighted by Crippen LogP contribution is -2.48. The third-order valence-corrected chi connectivity index (χ3v) is 4.14. The standard InChI is InChI=1S/C11H18O3/c12-9-4-3-8-2-1-5-11(10(8)9)13-6-7-14-11/h8-10,12H,1-7H2/t8-,9+,10-/m0/s1. The van der Waals surface area contributed by atoms with Gasteiger partial charge in [-0.25, -0.2) is 0 Å². The monoisotopic (exact) mass is 198 g/mol. The SMILES string of the molecule is O[C@@H]1CC[C@@H]2CCCC3(OCCO3)[C@@H]21. The van der Waals surface area contributed by atoms with E-state index in [0.717, 1.165) is 19.3 Å². The molecule has 0 bridgehead atoms. The number of fused-ring (bicyclic) bond motifs is 2. The first kappa shape index (κ1) is 9.13. The molecule has 0 aromatic heterocycles. The quantitative estimate of drug-likeness (QED) is 0.637. The van der Waals surface area contributed by atoms with Crippen molar-refractivity contribution in [2.45, 2.75) is 44.0 Å². The summed E-state index contributed by atoms with van der Waals surface area (Å²) in [4.78, 5) is 0. The Morgan fingerprint density at radius 1 is 1.07 bits per heavy atom. The number of hydrogen-bond donors (Lipinski definition) is 1. The molecule has 3 atom stereocenters. The number of hydrogen-bond acceptors (Lipinski definition) is 3. The zero-order valence-corrected chi connectivity index (χ0v) is 8.45. The van der Waals surface area contributed by atoms with Crippen molar-refractivity contribution in [3.63, 3.8) is 0 Å². The van der Waals surface area contributed by atoms with Gasteiger partial charge in [-0.15, -0.1) is 0 Å². The van der Waals surface area contributed by atoms with E-state index in [-0.39, 0.29) is 12.0 Å². The first-order chi connectivity index (χ1) is 6.82. The first-order valence-electron chi connectivity index (χ1n) is 5.78. The van der Waals surface area contributed by atoms with E-state index in [0.29, 0.717) is 19.1 Å². The van der Waals surface area contributed by atoms with Crippen LogP contribution in [0.15, 0.2) is 0 Å². The minimum absolute atomic E-state index is 0.196. The number of rotatable bonds is 0. The minimum Gasteiger partial charge on any atom is -0.393 e. The van der Waals surface area contributed by atoms with E-state index < -0.39 is 5.79 Å². The highest BCUT2D eigenvalue weighted by Crippen LogP contribution is 2.51. The molecule has 0 unspecified atom stereocenters. The van der Waals surface area contributed by atoms with Gasteiger partial charge in [0.15, 0.2) is 5.79 Å². The van der Waals surface area contributed by atoms with E-state index in [1.54, 1.807) is 0 Å². The van der Waals surface area contributed by atoms with Gasteiger partial charge in [-0.2, -0.15) is 0 Å². The summed E-state index contributed by atoms with van der Waals surface area (Å²) < 4.78 is 11.6. The predicted molar refractivity (Wildman–Crippen MR) is 50.7 cm³/mol. The molecule has 1 N–H and O–H groups in total. The smallest absolute Gasteiger partial charge is 0.174 e. The predicted octanol–water partition coefficient (Wildman–Crippen LogP) is 1.30. The zero-order valence-electron chi connectivity index (χ0n) is 8.45. The Morgan fingerprint density at radius 2 is 1.86 bits per heavy atom. The second kappa shape index (κ2) is 3.19. The van der Waals surface area contributed by atoms with Crippen LogP contribution in [0.4, 0.5) is 0 Å². The molecular weight excluding hydrogens is 180 g/mol. The van der Waals surface area contributed by atoms with Crippen LogP contribution in [0.3, 0.4) is 0 Å². The Balaban J connectivity index is 1.88. The molecular formula is C11H18O3. The van der Waals surface area contributed by atoms with Crippen LogP contribution in [-0.4, -0.2) is 30.2 Å². The fourth-order valence-electron chi connectivity index (χ4n) is 3.62. The Morgan fingerprint density at radius 3 is 2.64 bits per heavy atom. The third kappa shape index (κ3) is 1.16. The van der Waals surface area contributed by atoms with Crippen LogP contribution in [0.1, 0.15) is 32.1 Å². The fraction of sp³-hybridized carbons (Fsp3) is 1.00. The van der Waals surface area contributed by atoms with Crippen LogP contribution in [-0.2, 0) is 9.47 Å². The molecule has 1 aliphatic heterocycles. The van der Waals surface area contributed by atoms with Gasteiger partial charge in [0.2, 0.25) is 0 Å². The molecule has 80 valence electrons. The van der Waals surface area contributed by atoms with Crippen molar-refractivity contribution in [1.82, 2.24) is 0 Å². The second-order valence-corrected chi connectivity index (χ2v) is 4.83. The van der Waals surface area contributed by atoms with Gasteiger partial charge in [-0.05, 0) is 31.6 Å².